The van der Waals surface area contributed by atoms with Crippen molar-refractivity contribution in [3.63, 3.8) is 0 Å². The number of hydrogen-bond donors (Lipinski definition) is 1. The molecule has 0 aliphatic heterocycles. The molecule has 2 heteroatoms. The molecule has 0 bridgehead atoms. The van der Waals surface area contributed by atoms with Crippen molar-refractivity contribution in [1.82, 2.24) is 10.2 Å². The van der Waals surface area contributed by atoms with E-state index in [0.717, 1.165) is 18.0 Å². The molecule has 0 aromatic rings. The highest BCUT2D eigenvalue weighted by Crippen LogP contribution is 2.31. The Morgan fingerprint density at radius 2 is 1.82 bits per heavy atom. The van der Waals surface area contributed by atoms with Gasteiger partial charge in [0.2, 0.25) is 0 Å². The Morgan fingerprint density at radius 1 is 1.18 bits per heavy atom. The zero-order chi connectivity index (χ0) is 12.5. The summed E-state index contributed by atoms with van der Waals surface area (Å²) in [5.41, 5.74) is 0.417. The summed E-state index contributed by atoms with van der Waals surface area (Å²) in [6, 6.07) is 1.74. The third-order valence-corrected chi connectivity index (χ3v) is 3.74. The summed E-state index contributed by atoms with van der Waals surface area (Å²) in [6.07, 6.45) is 5.65. The van der Waals surface area contributed by atoms with Crippen LogP contribution in [-0.2, 0) is 0 Å². The third kappa shape index (κ3) is 4.97. The Kier molecular flexibility index (Phi) is 4.14. The first-order valence-corrected chi connectivity index (χ1v) is 7.44. The summed E-state index contributed by atoms with van der Waals surface area (Å²) < 4.78 is 0. The molecule has 0 aromatic heterocycles. The van der Waals surface area contributed by atoms with Crippen LogP contribution in [0.4, 0.5) is 0 Å². The zero-order valence-electron chi connectivity index (χ0n) is 12.1. The highest BCUT2D eigenvalue weighted by atomic mass is 15.2. The molecule has 100 valence electrons. The Morgan fingerprint density at radius 3 is 2.29 bits per heavy atom. The summed E-state index contributed by atoms with van der Waals surface area (Å²) in [4.78, 5) is 2.74. The smallest absolute Gasteiger partial charge is 0.00967 e. The van der Waals surface area contributed by atoms with Crippen LogP contribution in [0.2, 0.25) is 0 Å². The predicted octanol–water partition coefficient (Wildman–Crippen LogP) is 2.89. The summed E-state index contributed by atoms with van der Waals surface area (Å²) in [5, 5.41) is 3.69. The second kappa shape index (κ2) is 5.27. The number of nitrogens with zero attached hydrogens (tertiary/aromatic N) is 1. The molecule has 1 N–H and O–H groups in total. The van der Waals surface area contributed by atoms with Gasteiger partial charge in [0.15, 0.2) is 0 Å². The van der Waals surface area contributed by atoms with Crippen LogP contribution >= 0.6 is 0 Å². The quantitative estimate of drug-likeness (QED) is 0.699. The molecule has 0 radical (unpaired) electrons. The molecule has 17 heavy (non-hydrogen) atoms. The SMILES string of the molecule is CC(C)CN(CC(C)(C)CNC1CC1)C1CC1. The molecule has 0 aromatic carbocycles. The van der Waals surface area contributed by atoms with Gasteiger partial charge in [0, 0.05) is 31.7 Å². The van der Waals surface area contributed by atoms with Gasteiger partial charge in [0.1, 0.15) is 0 Å². The lowest BCUT2D eigenvalue weighted by Gasteiger charge is -2.34. The van der Waals surface area contributed by atoms with Gasteiger partial charge in [-0.25, -0.2) is 0 Å². The summed E-state index contributed by atoms with van der Waals surface area (Å²) in [5.74, 6) is 0.794. The van der Waals surface area contributed by atoms with Crippen molar-refractivity contribution in [2.75, 3.05) is 19.6 Å². The average Bonchev–Trinajstić information content (AvgIpc) is 3.06. The minimum absolute atomic E-state index is 0.417. The molecule has 2 aliphatic rings. The van der Waals surface area contributed by atoms with Gasteiger partial charge in [-0.2, -0.15) is 0 Å². The Labute approximate surface area is 107 Å². The van der Waals surface area contributed by atoms with E-state index in [-0.39, 0.29) is 0 Å². The predicted molar refractivity (Wildman–Crippen MR) is 74.2 cm³/mol. The van der Waals surface area contributed by atoms with E-state index in [1.165, 1.54) is 45.3 Å². The second-order valence-electron chi connectivity index (χ2n) is 7.37. The first-order valence-electron chi connectivity index (χ1n) is 7.44. The first kappa shape index (κ1) is 13.4. The molecule has 0 saturated heterocycles. The lowest BCUT2D eigenvalue weighted by Crippen LogP contribution is -2.43. The molecule has 0 spiro atoms. The molecule has 2 rings (SSSR count). The van der Waals surface area contributed by atoms with E-state index < -0.39 is 0 Å². The van der Waals surface area contributed by atoms with E-state index in [1.54, 1.807) is 0 Å². The third-order valence-electron chi connectivity index (χ3n) is 3.74. The van der Waals surface area contributed by atoms with Crippen molar-refractivity contribution in [3.8, 4) is 0 Å². The summed E-state index contributed by atoms with van der Waals surface area (Å²) >= 11 is 0. The second-order valence-corrected chi connectivity index (χ2v) is 7.37. The number of nitrogens with one attached hydrogen (secondary N) is 1. The molecule has 0 heterocycles. The highest BCUT2D eigenvalue weighted by molar-refractivity contribution is 4.90. The molecule has 2 fully saturated rings. The topological polar surface area (TPSA) is 15.3 Å². The van der Waals surface area contributed by atoms with Gasteiger partial charge in [-0.05, 0) is 37.0 Å². The van der Waals surface area contributed by atoms with Crippen molar-refractivity contribution in [3.05, 3.63) is 0 Å². The Bertz CT molecular complexity index is 239. The molecular weight excluding hydrogens is 208 g/mol. The fourth-order valence-electron chi connectivity index (χ4n) is 2.57. The molecule has 2 saturated carbocycles. The van der Waals surface area contributed by atoms with Crippen LogP contribution in [0.1, 0.15) is 53.4 Å². The normalized spacial score (nSPS) is 21.5. The van der Waals surface area contributed by atoms with E-state index in [4.69, 9.17) is 0 Å². The van der Waals surface area contributed by atoms with Gasteiger partial charge in [-0.1, -0.05) is 27.7 Å². The highest BCUT2D eigenvalue weighted by Gasteiger charge is 2.33. The van der Waals surface area contributed by atoms with Crippen LogP contribution < -0.4 is 5.32 Å². The van der Waals surface area contributed by atoms with Crippen molar-refractivity contribution in [2.24, 2.45) is 11.3 Å². The molecule has 0 unspecified atom stereocenters. The lowest BCUT2D eigenvalue weighted by atomic mass is 9.92. The minimum Gasteiger partial charge on any atom is -0.313 e. The van der Waals surface area contributed by atoms with Crippen molar-refractivity contribution in [2.45, 2.75) is 65.5 Å². The maximum atomic E-state index is 3.69. The van der Waals surface area contributed by atoms with Crippen LogP contribution in [0, 0.1) is 11.3 Å². The van der Waals surface area contributed by atoms with Gasteiger partial charge in [-0.15, -0.1) is 0 Å². The lowest BCUT2D eigenvalue weighted by molar-refractivity contribution is 0.151. The van der Waals surface area contributed by atoms with Crippen LogP contribution in [0.25, 0.3) is 0 Å². The molecule has 2 aliphatic carbocycles. The van der Waals surface area contributed by atoms with E-state index in [2.05, 4.69) is 37.9 Å². The monoisotopic (exact) mass is 238 g/mol. The van der Waals surface area contributed by atoms with Gasteiger partial charge in [-0.3, -0.25) is 4.90 Å². The average molecular weight is 238 g/mol. The van der Waals surface area contributed by atoms with Crippen LogP contribution in [0.5, 0.6) is 0 Å². The van der Waals surface area contributed by atoms with Gasteiger partial charge in [0.05, 0.1) is 0 Å². The van der Waals surface area contributed by atoms with Crippen molar-refractivity contribution >= 4 is 0 Å². The van der Waals surface area contributed by atoms with Crippen molar-refractivity contribution < 1.29 is 0 Å². The fraction of sp³-hybridized carbons (Fsp3) is 1.00. The van der Waals surface area contributed by atoms with E-state index in [0.29, 0.717) is 5.41 Å². The molecular formula is C15H30N2. The molecule has 2 nitrogen and oxygen atoms in total. The fourth-order valence-corrected chi connectivity index (χ4v) is 2.57. The van der Waals surface area contributed by atoms with Crippen LogP contribution in [0.15, 0.2) is 0 Å². The molecule has 0 atom stereocenters. The largest absolute Gasteiger partial charge is 0.313 e. The van der Waals surface area contributed by atoms with Gasteiger partial charge < -0.3 is 5.32 Å². The number of rotatable bonds is 8. The van der Waals surface area contributed by atoms with Crippen LogP contribution in [-0.4, -0.2) is 36.6 Å². The Hall–Kier alpha value is -0.0800. The van der Waals surface area contributed by atoms with Crippen LogP contribution in [0.3, 0.4) is 0 Å². The van der Waals surface area contributed by atoms with E-state index in [1.807, 2.05) is 0 Å². The first-order chi connectivity index (χ1) is 7.96. The van der Waals surface area contributed by atoms with E-state index >= 15 is 0 Å². The van der Waals surface area contributed by atoms with Gasteiger partial charge >= 0.3 is 0 Å². The van der Waals surface area contributed by atoms with E-state index in [9.17, 15) is 0 Å². The standard InChI is InChI=1S/C15H30N2/c1-12(2)9-17(14-7-8-14)11-15(3,4)10-16-13-5-6-13/h12-14,16H,5-11H2,1-4H3. The maximum Gasteiger partial charge on any atom is 0.00967 e. The maximum absolute atomic E-state index is 3.69. The molecule has 0 amide bonds. The minimum atomic E-state index is 0.417. The van der Waals surface area contributed by atoms with Crippen molar-refractivity contribution in [1.29, 1.82) is 0 Å². The zero-order valence-corrected chi connectivity index (χ0v) is 12.1. The summed E-state index contributed by atoms with van der Waals surface area (Å²) in [7, 11) is 0. The summed E-state index contributed by atoms with van der Waals surface area (Å²) in [6.45, 7) is 13.2. The Balaban J connectivity index is 1.77. The number of hydrogen-bond acceptors (Lipinski definition) is 2. The van der Waals surface area contributed by atoms with Gasteiger partial charge in [0.25, 0.3) is 0 Å².